The maximum atomic E-state index is 11.0. The van der Waals surface area contributed by atoms with Gasteiger partial charge in [0.15, 0.2) is 0 Å². The molecule has 1 saturated heterocycles. The van der Waals surface area contributed by atoms with Crippen LogP contribution in [0.4, 0.5) is 5.69 Å². The van der Waals surface area contributed by atoms with Crippen molar-refractivity contribution in [3.63, 3.8) is 0 Å². The lowest BCUT2D eigenvalue weighted by Gasteiger charge is -2.12. The van der Waals surface area contributed by atoms with Crippen LogP contribution in [0.2, 0.25) is 0 Å². The first kappa shape index (κ1) is 11.4. The van der Waals surface area contributed by atoms with E-state index in [0.717, 1.165) is 12.1 Å². The molecule has 2 amide bonds. The van der Waals surface area contributed by atoms with Crippen molar-refractivity contribution in [1.82, 2.24) is 5.32 Å². The number of benzene rings is 1. The number of hydrogen-bond donors (Lipinski definition) is 3. The van der Waals surface area contributed by atoms with Crippen molar-refractivity contribution < 1.29 is 9.59 Å². The lowest BCUT2D eigenvalue weighted by molar-refractivity contribution is -0.119. The van der Waals surface area contributed by atoms with Crippen LogP contribution in [0.5, 0.6) is 0 Å². The Bertz CT molecular complexity index is 428. The van der Waals surface area contributed by atoms with Crippen LogP contribution < -0.4 is 16.4 Å². The van der Waals surface area contributed by atoms with E-state index in [1.165, 1.54) is 0 Å². The molecule has 0 radical (unpaired) electrons. The Hall–Kier alpha value is -2.04. The van der Waals surface area contributed by atoms with Gasteiger partial charge in [0.1, 0.15) is 0 Å². The van der Waals surface area contributed by atoms with E-state index in [9.17, 15) is 9.59 Å². The molecule has 1 unspecified atom stereocenters. The molecule has 2 rings (SSSR count). The van der Waals surface area contributed by atoms with Gasteiger partial charge in [-0.25, -0.2) is 0 Å². The minimum Gasteiger partial charge on any atom is -0.383 e. The Morgan fingerprint density at radius 2 is 2.12 bits per heavy atom. The number of nitrogens with one attached hydrogen (secondary N) is 2. The number of carbonyl (C=O) groups is 2. The van der Waals surface area contributed by atoms with E-state index in [-0.39, 0.29) is 11.9 Å². The molecule has 90 valence electrons. The van der Waals surface area contributed by atoms with Crippen LogP contribution in [0, 0.1) is 0 Å². The molecule has 1 atom stereocenters. The number of amides is 2. The highest BCUT2D eigenvalue weighted by Crippen LogP contribution is 2.11. The van der Waals surface area contributed by atoms with Crippen LogP contribution in [0.25, 0.3) is 0 Å². The third kappa shape index (κ3) is 2.96. The normalized spacial score (nSPS) is 18.8. The second kappa shape index (κ2) is 4.86. The number of hydrogen-bond acceptors (Lipinski definition) is 3. The zero-order chi connectivity index (χ0) is 12.3. The average molecular weight is 233 g/mol. The fourth-order valence-corrected chi connectivity index (χ4v) is 1.82. The zero-order valence-corrected chi connectivity index (χ0v) is 9.40. The molecule has 0 aliphatic carbocycles. The summed E-state index contributed by atoms with van der Waals surface area (Å²) in [7, 11) is 0. The van der Waals surface area contributed by atoms with Crippen LogP contribution in [-0.2, 0) is 4.79 Å². The van der Waals surface area contributed by atoms with E-state index in [0.29, 0.717) is 18.5 Å². The molecule has 1 heterocycles. The standard InChI is InChI=1S/C12H15N3O2/c13-12(17)8-1-3-9(4-2-8)14-7-10-5-6-11(16)15-10/h1-4,10,14H,5-7H2,(H2,13,17)(H,15,16). The first-order chi connectivity index (χ1) is 8.15. The highest BCUT2D eigenvalue weighted by molar-refractivity contribution is 5.93. The summed E-state index contributed by atoms with van der Waals surface area (Å²) < 4.78 is 0. The molecule has 1 fully saturated rings. The molecule has 17 heavy (non-hydrogen) atoms. The van der Waals surface area contributed by atoms with Crippen molar-refractivity contribution in [2.24, 2.45) is 5.73 Å². The van der Waals surface area contributed by atoms with Crippen molar-refractivity contribution >= 4 is 17.5 Å². The zero-order valence-electron chi connectivity index (χ0n) is 9.40. The molecule has 0 spiro atoms. The van der Waals surface area contributed by atoms with Crippen LogP contribution >= 0.6 is 0 Å². The Kier molecular flexibility index (Phi) is 3.27. The van der Waals surface area contributed by atoms with Gasteiger partial charge in [-0.05, 0) is 30.7 Å². The largest absolute Gasteiger partial charge is 0.383 e. The summed E-state index contributed by atoms with van der Waals surface area (Å²) in [6.45, 7) is 0.696. The molecular formula is C12H15N3O2. The number of carbonyl (C=O) groups excluding carboxylic acids is 2. The molecule has 0 bridgehead atoms. The molecule has 1 aromatic rings. The predicted octanol–water partition coefficient (Wildman–Crippen LogP) is 0.476. The Labute approximate surface area is 99.4 Å². The molecule has 1 aliphatic rings. The summed E-state index contributed by atoms with van der Waals surface area (Å²) >= 11 is 0. The molecule has 0 saturated carbocycles. The monoisotopic (exact) mass is 233 g/mol. The fraction of sp³-hybridized carbons (Fsp3) is 0.333. The van der Waals surface area contributed by atoms with Gasteiger partial charge in [-0.1, -0.05) is 0 Å². The Morgan fingerprint density at radius 1 is 1.41 bits per heavy atom. The van der Waals surface area contributed by atoms with Crippen LogP contribution in [-0.4, -0.2) is 24.4 Å². The summed E-state index contributed by atoms with van der Waals surface area (Å²) in [5.41, 5.74) is 6.55. The maximum Gasteiger partial charge on any atom is 0.248 e. The lowest BCUT2D eigenvalue weighted by Crippen LogP contribution is -2.31. The highest BCUT2D eigenvalue weighted by Gasteiger charge is 2.19. The predicted molar refractivity (Wildman–Crippen MR) is 64.6 cm³/mol. The molecule has 1 aliphatic heterocycles. The van der Waals surface area contributed by atoms with Crippen LogP contribution in [0.3, 0.4) is 0 Å². The Morgan fingerprint density at radius 3 is 2.65 bits per heavy atom. The van der Waals surface area contributed by atoms with E-state index in [1.54, 1.807) is 24.3 Å². The van der Waals surface area contributed by atoms with Crippen molar-refractivity contribution in [3.8, 4) is 0 Å². The summed E-state index contributed by atoms with van der Waals surface area (Å²) in [5, 5.41) is 6.08. The van der Waals surface area contributed by atoms with E-state index in [1.807, 2.05) is 0 Å². The quantitative estimate of drug-likeness (QED) is 0.707. The molecule has 5 nitrogen and oxygen atoms in total. The van der Waals surface area contributed by atoms with Gasteiger partial charge in [0.05, 0.1) is 0 Å². The van der Waals surface area contributed by atoms with Crippen molar-refractivity contribution in [1.29, 1.82) is 0 Å². The molecule has 1 aromatic carbocycles. The van der Waals surface area contributed by atoms with Gasteiger partial charge in [0, 0.05) is 30.3 Å². The van der Waals surface area contributed by atoms with Gasteiger partial charge in [0.25, 0.3) is 0 Å². The smallest absolute Gasteiger partial charge is 0.248 e. The second-order valence-corrected chi connectivity index (χ2v) is 4.13. The summed E-state index contributed by atoms with van der Waals surface area (Å²) in [6, 6.07) is 7.15. The summed E-state index contributed by atoms with van der Waals surface area (Å²) in [5.74, 6) is -0.319. The number of anilines is 1. The first-order valence-electron chi connectivity index (χ1n) is 5.58. The van der Waals surface area contributed by atoms with Crippen molar-refractivity contribution in [3.05, 3.63) is 29.8 Å². The van der Waals surface area contributed by atoms with E-state index in [2.05, 4.69) is 10.6 Å². The van der Waals surface area contributed by atoms with Crippen molar-refractivity contribution in [2.75, 3.05) is 11.9 Å². The fourth-order valence-electron chi connectivity index (χ4n) is 1.82. The van der Waals surface area contributed by atoms with Gasteiger partial charge in [-0.3, -0.25) is 9.59 Å². The van der Waals surface area contributed by atoms with Crippen molar-refractivity contribution in [2.45, 2.75) is 18.9 Å². The summed E-state index contributed by atoms with van der Waals surface area (Å²) in [4.78, 5) is 21.9. The number of rotatable bonds is 4. The van der Waals surface area contributed by atoms with Gasteiger partial charge in [-0.2, -0.15) is 0 Å². The van der Waals surface area contributed by atoms with Gasteiger partial charge >= 0.3 is 0 Å². The summed E-state index contributed by atoms with van der Waals surface area (Å²) in [6.07, 6.45) is 1.47. The minimum atomic E-state index is -0.431. The van der Waals surface area contributed by atoms with Crippen LogP contribution in [0.15, 0.2) is 24.3 Å². The molecule has 5 heteroatoms. The van der Waals surface area contributed by atoms with E-state index in [4.69, 9.17) is 5.73 Å². The third-order valence-electron chi connectivity index (χ3n) is 2.81. The highest BCUT2D eigenvalue weighted by atomic mass is 16.2. The molecule has 4 N–H and O–H groups in total. The van der Waals surface area contributed by atoms with Gasteiger partial charge < -0.3 is 16.4 Å². The number of primary amides is 1. The van der Waals surface area contributed by atoms with Crippen LogP contribution in [0.1, 0.15) is 23.2 Å². The van der Waals surface area contributed by atoms with Gasteiger partial charge in [-0.15, -0.1) is 0 Å². The lowest BCUT2D eigenvalue weighted by atomic mass is 10.2. The first-order valence-corrected chi connectivity index (χ1v) is 5.58. The SMILES string of the molecule is NC(=O)c1ccc(NCC2CCC(=O)N2)cc1. The number of nitrogens with two attached hydrogens (primary N) is 1. The third-order valence-corrected chi connectivity index (χ3v) is 2.81. The topological polar surface area (TPSA) is 84.2 Å². The van der Waals surface area contributed by atoms with E-state index >= 15 is 0 Å². The van der Waals surface area contributed by atoms with Gasteiger partial charge in [0.2, 0.25) is 11.8 Å². The van der Waals surface area contributed by atoms with E-state index < -0.39 is 5.91 Å². The molecule has 0 aromatic heterocycles. The Balaban J connectivity index is 1.87. The molecular weight excluding hydrogens is 218 g/mol. The second-order valence-electron chi connectivity index (χ2n) is 4.13. The maximum absolute atomic E-state index is 11.0. The minimum absolute atomic E-state index is 0.112. The average Bonchev–Trinajstić information content (AvgIpc) is 2.73.